The molecule has 3 aromatic rings. The van der Waals surface area contributed by atoms with E-state index in [0.29, 0.717) is 17.9 Å². The van der Waals surface area contributed by atoms with Crippen LogP contribution in [-0.4, -0.2) is 20.9 Å². The highest BCUT2D eigenvalue weighted by molar-refractivity contribution is 5.96. The Hall–Kier alpha value is -3.68. The minimum Gasteiger partial charge on any atom is -0.485 e. The zero-order chi connectivity index (χ0) is 18.4. The van der Waals surface area contributed by atoms with Gasteiger partial charge in [0.2, 0.25) is 11.9 Å². The number of carbonyl (C=O) groups excluding carboxylic acids is 1. The van der Waals surface area contributed by atoms with Crippen LogP contribution in [0.4, 0.5) is 11.9 Å². The third kappa shape index (κ3) is 4.44. The van der Waals surface area contributed by atoms with Gasteiger partial charge in [0.1, 0.15) is 12.4 Å². The number of amides is 1. The van der Waals surface area contributed by atoms with Crippen molar-refractivity contribution in [2.75, 3.05) is 11.5 Å². The van der Waals surface area contributed by atoms with E-state index in [9.17, 15) is 4.79 Å². The number of hydrogen-bond acceptors (Lipinski definition) is 7. The number of anilines is 2. The molecule has 0 atom stereocenters. The molecule has 1 heterocycles. The molecule has 0 bridgehead atoms. The lowest BCUT2D eigenvalue weighted by Crippen LogP contribution is -2.23. The van der Waals surface area contributed by atoms with Crippen molar-refractivity contribution < 1.29 is 9.53 Å². The van der Waals surface area contributed by atoms with Crippen LogP contribution in [0.15, 0.2) is 54.6 Å². The zero-order valence-corrected chi connectivity index (χ0v) is 13.9. The summed E-state index contributed by atoms with van der Waals surface area (Å²) in [7, 11) is 0. The molecule has 0 radical (unpaired) electrons. The van der Waals surface area contributed by atoms with Crippen LogP contribution >= 0.6 is 0 Å². The SMILES string of the molecule is Nc1nc(N)nc(COc2ccccc2C(=O)NCc2ccccc2)n1. The summed E-state index contributed by atoms with van der Waals surface area (Å²) in [5.74, 6) is 0.499. The number of aromatic nitrogens is 3. The van der Waals surface area contributed by atoms with E-state index in [2.05, 4.69) is 20.3 Å². The predicted molar refractivity (Wildman–Crippen MR) is 97.0 cm³/mol. The first kappa shape index (κ1) is 17.2. The van der Waals surface area contributed by atoms with Gasteiger partial charge < -0.3 is 21.5 Å². The Kier molecular flexibility index (Phi) is 5.23. The number of ether oxygens (including phenoxy) is 1. The lowest BCUT2D eigenvalue weighted by molar-refractivity contribution is 0.0946. The van der Waals surface area contributed by atoms with Gasteiger partial charge in [0, 0.05) is 6.54 Å². The van der Waals surface area contributed by atoms with Gasteiger partial charge in [-0.15, -0.1) is 0 Å². The van der Waals surface area contributed by atoms with Crippen molar-refractivity contribution in [1.82, 2.24) is 20.3 Å². The Morgan fingerprint density at radius 2 is 1.58 bits per heavy atom. The third-order valence-electron chi connectivity index (χ3n) is 3.50. The van der Waals surface area contributed by atoms with E-state index in [1.54, 1.807) is 24.3 Å². The first-order valence-electron chi connectivity index (χ1n) is 7.91. The van der Waals surface area contributed by atoms with Crippen molar-refractivity contribution in [1.29, 1.82) is 0 Å². The number of hydrogen-bond donors (Lipinski definition) is 3. The number of benzene rings is 2. The number of nitrogens with two attached hydrogens (primary N) is 2. The van der Waals surface area contributed by atoms with Crippen molar-refractivity contribution in [2.24, 2.45) is 0 Å². The van der Waals surface area contributed by atoms with Crippen LogP contribution in [0, 0.1) is 0 Å². The number of nitrogen functional groups attached to an aromatic ring is 2. The molecule has 0 saturated heterocycles. The van der Waals surface area contributed by atoms with E-state index in [-0.39, 0.29) is 30.2 Å². The Bertz CT molecular complexity index is 881. The van der Waals surface area contributed by atoms with Crippen LogP contribution in [-0.2, 0) is 13.2 Å². The molecule has 1 amide bonds. The van der Waals surface area contributed by atoms with Gasteiger partial charge >= 0.3 is 0 Å². The quantitative estimate of drug-likeness (QED) is 0.615. The van der Waals surface area contributed by atoms with Crippen LogP contribution in [0.5, 0.6) is 5.75 Å². The third-order valence-corrected chi connectivity index (χ3v) is 3.50. The molecule has 3 rings (SSSR count). The van der Waals surface area contributed by atoms with Gasteiger partial charge in [-0.3, -0.25) is 4.79 Å². The minimum absolute atomic E-state index is 0.0138. The lowest BCUT2D eigenvalue weighted by Gasteiger charge is -2.11. The van der Waals surface area contributed by atoms with Crippen LogP contribution in [0.25, 0.3) is 0 Å². The highest BCUT2D eigenvalue weighted by atomic mass is 16.5. The Labute approximate surface area is 150 Å². The normalized spacial score (nSPS) is 10.3. The number of carbonyl (C=O) groups is 1. The molecule has 0 spiro atoms. The molecule has 8 heteroatoms. The highest BCUT2D eigenvalue weighted by Crippen LogP contribution is 2.19. The largest absolute Gasteiger partial charge is 0.485 e. The molecule has 0 saturated carbocycles. The first-order chi connectivity index (χ1) is 12.6. The molecule has 8 nitrogen and oxygen atoms in total. The molecule has 0 fully saturated rings. The summed E-state index contributed by atoms with van der Waals surface area (Å²) in [5.41, 5.74) is 12.5. The van der Waals surface area contributed by atoms with E-state index in [0.717, 1.165) is 5.56 Å². The predicted octanol–water partition coefficient (Wildman–Crippen LogP) is 1.54. The number of rotatable bonds is 6. The molecular weight excluding hydrogens is 332 g/mol. The Morgan fingerprint density at radius 1 is 0.923 bits per heavy atom. The molecule has 0 aliphatic carbocycles. The second-order valence-electron chi connectivity index (χ2n) is 5.42. The van der Waals surface area contributed by atoms with Crippen LogP contribution < -0.4 is 21.5 Å². The summed E-state index contributed by atoms with van der Waals surface area (Å²) < 4.78 is 5.68. The van der Waals surface area contributed by atoms with E-state index in [4.69, 9.17) is 16.2 Å². The van der Waals surface area contributed by atoms with Gasteiger partial charge in [-0.05, 0) is 17.7 Å². The molecule has 0 aliphatic rings. The summed E-state index contributed by atoms with van der Waals surface area (Å²) in [4.78, 5) is 24.1. The zero-order valence-electron chi connectivity index (χ0n) is 13.9. The maximum absolute atomic E-state index is 12.5. The summed E-state index contributed by atoms with van der Waals surface area (Å²) in [5, 5.41) is 2.87. The van der Waals surface area contributed by atoms with Gasteiger partial charge in [-0.1, -0.05) is 42.5 Å². The molecule has 0 aliphatic heterocycles. The van der Waals surface area contributed by atoms with Gasteiger partial charge in [-0.25, -0.2) is 0 Å². The standard InChI is InChI=1S/C18H18N6O2/c19-17-22-15(23-18(20)24-17)11-26-14-9-5-4-8-13(14)16(25)21-10-12-6-2-1-3-7-12/h1-9H,10-11H2,(H,21,25)(H4,19,20,22,23,24). The lowest BCUT2D eigenvalue weighted by atomic mass is 10.1. The average molecular weight is 350 g/mol. The molecule has 26 heavy (non-hydrogen) atoms. The fourth-order valence-corrected chi connectivity index (χ4v) is 2.32. The van der Waals surface area contributed by atoms with Crippen molar-refractivity contribution in [3.63, 3.8) is 0 Å². The van der Waals surface area contributed by atoms with Gasteiger partial charge in [-0.2, -0.15) is 15.0 Å². The van der Waals surface area contributed by atoms with Crippen molar-refractivity contribution in [3.8, 4) is 5.75 Å². The topological polar surface area (TPSA) is 129 Å². The fourth-order valence-electron chi connectivity index (χ4n) is 2.32. The molecular formula is C18H18N6O2. The van der Waals surface area contributed by atoms with Crippen LogP contribution in [0.2, 0.25) is 0 Å². The fraction of sp³-hybridized carbons (Fsp3) is 0.111. The number of nitrogens with one attached hydrogen (secondary N) is 1. The molecule has 5 N–H and O–H groups in total. The second-order valence-corrected chi connectivity index (χ2v) is 5.42. The van der Waals surface area contributed by atoms with Crippen molar-refractivity contribution in [2.45, 2.75) is 13.2 Å². The van der Waals surface area contributed by atoms with E-state index in [1.807, 2.05) is 30.3 Å². The molecule has 0 unspecified atom stereocenters. The maximum Gasteiger partial charge on any atom is 0.255 e. The van der Waals surface area contributed by atoms with E-state index in [1.165, 1.54) is 0 Å². The molecule has 2 aromatic carbocycles. The van der Waals surface area contributed by atoms with Crippen molar-refractivity contribution >= 4 is 17.8 Å². The van der Waals surface area contributed by atoms with Gasteiger partial charge in [0.05, 0.1) is 5.56 Å². The van der Waals surface area contributed by atoms with E-state index >= 15 is 0 Å². The monoisotopic (exact) mass is 350 g/mol. The molecule has 132 valence electrons. The maximum atomic E-state index is 12.5. The summed E-state index contributed by atoms with van der Waals surface area (Å²) in [6.07, 6.45) is 0. The number of para-hydroxylation sites is 1. The van der Waals surface area contributed by atoms with E-state index < -0.39 is 0 Å². The first-order valence-corrected chi connectivity index (χ1v) is 7.91. The Balaban J connectivity index is 1.68. The van der Waals surface area contributed by atoms with Crippen LogP contribution in [0.3, 0.4) is 0 Å². The second kappa shape index (κ2) is 7.93. The molecule has 1 aromatic heterocycles. The smallest absolute Gasteiger partial charge is 0.255 e. The van der Waals surface area contributed by atoms with Gasteiger partial charge in [0.15, 0.2) is 5.82 Å². The Morgan fingerprint density at radius 3 is 2.31 bits per heavy atom. The minimum atomic E-state index is -0.237. The summed E-state index contributed by atoms with van der Waals surface area (Å²) in [6, 6.07) is 16.6. The summed E-state index contributed by atoms with van der Waals surface area (Å²) >= 11 is 0. The summed E-state index contributed by atoms with van der Waals surface area (Å²) in [6.45, 7) is 0.439. The van der Waals surface area contributed by atoms with Crippen LogP contribution in [0.1, 0.15) is 21.7 Å². The average Bonchev–Trinajstić information content (AvgIpc) is 2.65. The number of nitrogens with zero attached hydrogens (tertiary/aromatic N) is 3. The van der Waals surface area contributed by atoms with Gasteiger partial charge in [0.25, 0.3) is 5.91 Å². The van der Waals surface area contributed by atoms with Crippen molar-refractivity contribution in [3.05, 3.63) is 71.5 Å². The highest BCUT2D eigenvalue weighted by Gasteiger charge is 2.13.